The van der Waals surface area contributed by atoms with Crippen molar-refractivity contribution in [3.63, 3.8) is 0 Å². The fourth-order valence-electron chi connectivity index (χ4n) is 1.09. The van der Waals surface area contributed by atoms with Crippen molar-refractivity contribution in [1.29, 1.82) is 0 Å². The van der Waals surface area contributed by atoms with Gasteiger partial charge in [-0.1, -0.05) is 6.58 Å². The van der Waals surface area contributed by atoms with Crippen LogP contribution in [0.4, 0.5) is 5.69 Å². The third-order valence-electron chi connectivity index (χ3n) is 1.81. The standard InChI is InChI=1S/C11H11NO4/c1-8(2)7-16-10-3-4-11(12(14)15)9(5-10)6-13/h3-6H,1,7H2,2H3. The van der Waals surface area contributed by atoms with E-state index in [4.69, 9.17) is 4.74 Å². The Morgan fingerprint density at radius 2 is 2.31 bits per heavy atom. The first-order valence-corrected chi connectivity index (χ1v) is 4.55. The van der Waals surface area contributed by atoms with Crippen LogP contribution in [-0.4, -0.2) is 17.8 Å². The molecule has 0 aromatic heterocycles. The number of hydrogen-bond donors (Lipinski definition) is 0. The molecule has 0 saturated heterocycles. The monoisotopic (exact) mass is 221 g/mol. The summed E-state index contributed by atoms with van der Waals surface area (Å²) in [5.74, 6) is 0.413. The number of nitro benzene ring substituents is 1. The summed E-state index contributed by atoms with van der Waals surface area (Å²) < 4.78 is 5.26. The van der Waals surface area contributed by atoms with E-state index in [-0.39, 0.29) is 11.3 Å². The number of carbonyl (C=O) groups is 1. The first-order valence-electron chi connectivity index (χ1n) is 4.55. The van der Waals surface area contributed by atoms with E-state index in [1.807, 2.05) is 0 Å². The molecule has 0 aliphatic rings. The minimum Gasteiger partial charge on any atom is -0.489 e. The lowest BCUT2D eigenvalue weighted by Gasteiger charge is -2.05. The number of nitrogens with zero attached hydrogens (tertiary/aromatic N) is 1. The summed E-state index contributed by atoms with van der Waals surface area (Å²) in [6, 6.07) is 4.04. The molecule has 1 rings (SSSR count). The molecule has 0 unspecified atom stereocenters. The summed E-state index contributed by atoms with van der Waals surface area (Å²) in [6.07, 6.45) is 0.436. The van der Waals surface area contributed by atoms with Gasteiger partial charge in [-0.05, 0) is 24.6 Å². The SMILES string of the molecule is C=C(C)COc1ccc([N+](=O)[O-])c(C=O)c1. The molecule has 0 amide bonds. The Labute approximate surface area is 92.5 Å². The predicted molar refractivity (Wildman–Crippen MR) is 58.8 cm³/mol. The molecule has 0 N–H and O–H groups in total. The number of nitro groups is 1. The maximum Gasteiger partial charge on any atom is 0.280 e. The fraction of sp³-hybridized carbons (Fsp3) is 0.182. The van der Waals surface area contributed by atoms with Gasteiger partial charge in [-0.15, -0.1) is 0 Å². The van der Waals surface area contributed by atoms with Crippen LogP contribution in [0.15, 0.2) is 30.4 Å². The van der Waals surface area contributed by atoms with Gasteiger partial charge in [-0.3, -0.25) is 14.9 Å². The Kier molecular flexibility index (Phi) is 3.77. The summed E-state index contributed by atoms with van der Waals surface area (Å²) >= 11 is 0. The number of carbonyl (C=O) groups excluding carboxylic acids is 1. The molecule has 0 bridgehead atoms. The van der Waals surface area contributed by atoms with Crippen molar-refractivity contribution < 1.29 is 14.5 Å². The van der Waals surface area contributed by atoms with Gasteiger partial charge < -0.3 is 4.74 Å². The molecule has 84 valence electrons. The molecule has 0 aliphatic carbocycles. The van der Waals surface area contributed by atoms with E-state index in [0.717, 1.165) is 5.57 Å². The quantitative estimate of drug-likeness (QED) is 0.331. The van der Waals surface area contributed by atoms with Crippen molar-refractivity contribution in [2.75, 3.05) is 6.61 Å². The number of rotatable bonds is 5. The van der Waals surface area contributed by atoms with E-state index in [0.29, 0.717) is 18.6 Å². The highest BCUT2D eigenvalue weighted by Gasteiger charge is 2.13. The van der Waals surface area contributed by atoms with Crippen LogP contribution in [0.5, 0.6) is 5.75 Å². The van der Waals surface area contributed by atoms with Crippen molar-refractivity contribution >= 4 is 12.0 Å². The lowest BCUT2D eigenvalue weighted by Crippen LogP contribution is -2.00. The van der Waals surface area contributed by atoms with E-state index >= 15 is 0 Å². The zero-order valence-electron chi connectivity index (χ0n) is 8.80. The highest BCUT2D eigenvalue weighted by molar-refractivity contribution is 5.82. The van der Waals surface area contributed by atoms with E-state index in [2.05, 4.69) is 6.58 Å². The van der Waals surface area contributed by atoms with E-state index in [1.165, 1.54) is 18.2 Å². The average Bonchev–Trinajstić information content (AvgIpc) is 2.25. The highest BCUT2D eigenvalue weighted by atomic mass is 16.6. The van der Waals surface area contributed by atoms with Crippen molar-refractivity contribution in [2.45, 2.75) is 6.92 Å². The van der Waals surface area contributed by atoms with Crippen molar-refractivity contribution in [3.8, 4) is 5.75 Å². The normalized spacial score (nSPS) is 9.56. The van der Waals surface area contributed by atoms with Crippen LogP contribution in [0, 0.1) is 10.1 Å². The van der Waals surface area contributed by atoms with Gasteiger partial charge in [0.2, 0.25) is 0 Å². The summed E-state index contributed by atoms with van der Waals surface area (Å²) in [5, 5.41) is 10.5. The van der Waals surface area contributed by atoms with Crippen LogP contribution in [0.1, 0.15) is 17.3 Å². The largest absolute Gasteiger partial charge is 0.489 e. The van der Waals surface area contributed by atoms with E-state index < -0.39 is 4.92 Å². The molecule has 0 heterocycles. The highest BCUT2D eigenvalue weighted by Crippen LogP contribution is 2.22. The van der Waals surface area contributed by atoms with Gasteiger partial charge in [0.05, 0.1) is 10.5 Å². The molecular weight excluding hydrogens is 210 g/mol. The maximum absolute atomic E-state index is 10.6. The molecule has 0 aliphatic heterocycles. The first kappa shape index (κ1) is 11.9. The van der Waals surface area contributed by atoms with Gasteiger partial charge in [0.15, 0.2) is 6.29 Å². The minimum absolute atomic E-state index is 0.00390. The molecule has 0 saturated carbocycles. The van der Waals surface area contributed by atoms with Gasteiger partial charge >= 0.3 is 0 Å². The lowest BCUT2D eigenvalue weighted by molar-refractivity contribution is -0.385. The van der Waals surface area contributed by atoms with Crippen molar-refractivity contribution in [1.82, 2.24) is 0 Å². The Balaban J connectivity index is 2.95. The van der Waals surface area contributed by atoms with Crippen molar-refractivity contribution in [2.24, 2.45) is 0 Å². The summed E-state index contributed by atoms with van der Waals surface area (Å²) in [5.41, 5.74) is 0.605. The van der Waals surface area contributed by atoms with Crippen LogP contribution >= 0.6 is 0 Å². The van der Waals surface area contributed by atoms with Gasteiger partial charge in [-0.25, -0.2) is 0 Å². The summed E-state index contributed by atoms with van der Waals surface area (Å²) in [6.45, 7) is 5.77. The predicted octanol–water partition coefficient (Wildman–Crippen LogP) is 2.36. The van der Waals surface area contributed by atoms with Crippen LogP contribution in [0.25, 0.3) is 0 Å². The molecule has 0 spiro atoms. The van der Waals surface area contributed by atoms with Crippen LogP contribution in [0.2, 0.25) is 0 Å². The lowest BCUT2D eigenvalue weighted by atomic mass is 10.2. The second-order valence-corrected chi connectivity index (χ2v) is 3.34. The zero-order valence-corrected chi connectivity index (χ0v) is 8.80. The minimum atomic E-state index is -0.605. The third-order valence-corrected chi connectivity index (χ3v) is 1.81. The summed E-state index contributed by atoms with van der Waals surface area (Å²) in [4.78, 5) is 20.6. The van der Waals surface area contributed by atoms with Crippen LogP contribution < -0.4 is 4.74 Å². The van der Waals surface area contributed by atoms with Gasteiger partial charge in [0.25, 0.3) is 5.69 Å². The second kappa shape index (κ2) is 5.06. The second-order valence-electron chi connectivity index (χ2n) is 3.34. The fourth-order valence-corrected chi connectivity index (χ4v) is 1.09. The Bertz CT molecular complexity index is 440. The number of aldehydes is 1. The van der Waals surface area contributed by atoms with Gasteiger partial charge in [-0.2, -0.15) is 0 Å². The number of benzene rings is 1. The number of hydrogen-bond acceptors (Lipinski definition) is 4. The van der Waals surface area contributed by atoms with Gasteiger partial charge in [0, 0.05) is 6.07 Å². The topological polar surface area (TPSA) is 69.4 Å². The zero-order chi connectivity index (χ0) is 12.1. The molecule has 0 atom stereocenters. The molecule has 5 heteroatoms. The summed E-state index contributed by atoms with van der Waals surface area (Å²) in [7, 11) is 0. The number of ether oxygens (including phenoxy) is 1. The molecule has 16 heavy (non-hydrogen) atoms. The molecule has 0 radical (unpaired) electrons. The smallest absolute Gasteiger partial charge is 0.280 e. The van der Waals surface area contributed by atoms with E-state index in [1.54, 1.807) is 6.92 Å². The molecule has 1 aromatic carbocycles. The molecule has 1 aromatic rings. The average molecular weight is 221 g/mol. The Morgan fingerprint density at radius 1 is 1.62 bits per heavy atom. The van der Waals surface area contributed by atoms with Crippen LogP contribution in [-0.2, 0) is 0 Å². The Morgan fingerprint density at radius 3 is 2.81 bits per heavy atom. The molecule has 5 nitrogen and oxygen atoms in total. The van der Waals surface area contributed by atoms with Crippen molar-refractivity contribution in [3.05, 3.63) is 46.0 Å². The Hall–Kier alpha value is -2.17. The van der Waals surface area contributed by atoms with Crippen LogP contribution in [0.3, 0.4) is 0 Å². The maximum atomic E-state index is 10.6. The molecular formula is C11H11NO4. The van der Waals surface area contributed by atoms with Gasteiger partial charge in [0.1, 0.15) is 12.4 Å². The van der Waals surface area contributed by atoms with E-state index in [9.17, 15) is 14.9 Å². The first-order chi connectivity index (χ1) is 7.54. The third kappa shape index (κ3) is 2.91. The molecule has 0 fully saturated rings.